The zero-order valence-electron chi connectivity index (χ0n) is 53.1. The van der Waals surface area contributed by atoms with Crippen LogP contribution in [0.3, 0.4) is 0 Å². The highest BCUT2D eigenvalue weighted by molar-refractivity contribution is 5.91. The number of nitrogens with one attached hydrogen (secondary N) is 2. The van der Waals surface area contributed by atoms with Crippen LogP contribution in [0.2, 0.25) is 0 Å². The molecular weight excluding hydrogens is 1160 g/mol. The third kappa shape index (κ3) is 20.1. The summed E-state index contributed by atoms with van der Waals surface area (Å²) in [4.78, 5) is 75.2. The normalized spacial score (nSPS) is 12.2. The van der Waals surface area contributed by atoms with Crippen LogP contribution in [0.25, 0.3) is 0 Å². The third-order valence-corrected chi connectivity index (χ3v) is 16.2. The Bertz CT molecular complexity index is 3440. The van der Waals surface area contributed by atoms with E-state index in [1.165, 1.54) is 13.8 Å². The lowest BCUT2D eigenvalue weighted by atomic mass is 9.73. The Balaban J connectivity index is 0.730. The summed E-state index contributed by atoms with van der Waals surface area (Å²) in [6.45, 7) is 8.11. The SMILES string of the molecule is COc1ccc(Cc2ccc(C(=O)Oc3ccc(C(C)(CCCOC(=O)NCCCCCCNC(=O)OCCCC(C)(c4ccc(OC(C)=O)cc4)c4ccc(OC(=O)c5ccc(Cc6ccc(OC)cc6)cc5)cc4)c4ccc(OC(C)=O)cc4)cc3)cc2)cc1. The van der Waals surface area contributed by atoms with Gasteiger partial charge in [0.1, 0.15) is 34.5 Å². The molecular formula is C76H80N2O14. The van der Waals surface area contributed by atoms with Gasteiger partial charge in [-0.2, -0.15) is 0 Å². The molecule has 0 aliphatic heterocycles. The highest BCUT2D eigenvalue weighted by Crippen LogP contribution is 2.40. The number of alkyl carbamates (subject to hydrolysis) is 2. The summed E-state index contributed by atoms with van der Waals surface area (Å²) in [5.41, 5.74) is 7.88. The van der Waals surface area contributed by atoms with Gasteiger partial charge >= 0.3 is 36.1 Å². The molecule has 0 aliphatic carbocycles. The molecule has 2 unspecified atom stereocenters. The van der Waals surface area contributed by atoms with E-state index in [1.807, 2.05) is 121 Å². The molecule has 8 aromatic carbocycles. The maximum atomic E-state index is 13.2. The van der Waals surface area contributed by atoms with E-state index < -0.39 is 46.9 Å². The van der Waals surface area contributed by atoms with Crippen molar-refractivity contribution in [2.75, 3.05) is 40.5 Å². The van der Waals surface area contributed by atoms with E-state index in [0.29, 0.717) is 85.7 Å². The van der Waals surface area contributed by atoms with Crippen molar-refractivity contribution in [3.63, 3.8) is 0 Å². The van der Waals surface area contributed by atoms with Crippen LogP contribution in [0.1, 0.15) is 144 Å². The number of benzene rings is 8. The second-order valence-corrected chi connectivity index (χ2v) is 22.9. The molecule has 0 aromatic heterocycles. The highest BCUT2D eigenvalue weighted by atomic mass is 16.6. The number of ether oxygens (including phenoxy) is 8. The second kappa shape index (κ2) is 33.6. The van der Waals surface area contributed by atoms with Crippen molar-refractivity contribution in [2.24, 2.45) is 0 Å². The first-order chi connectivity index (χ1) is 44.5. The fourth-order valence-corrected chi connectivity index (χ4v) is 10.9. The van der Waals surface area contributed by atoms with Crippen LogP contribution in [-0.4, -0.2) is 76.6 Å². The zero-order chi connectivity index (χ0) is 65.3. The fourth-order valence-electron chi connectivity index (χ4n) is 10.9. The molecule has 92 heavy (non-hydrogen) atoms. The molecule has 478 valence electrons. The van der Waals surface area contributed by atoms with Gasteiger partial charge in [-0.15, -0.1) is 0 Å². The average molecular weight is 1250 g/mol. The van der Waals surface area contributed by atoms with Crippen LogP contribution >= 0.6 is 0 Å². The number of carbonyl (C=O) groups excluding carboxylic acids is 6. The largest absolute Gasteiger partial charge is 0.497 e. The topological polar surface area (TPSA) is 200 Å². The summed E-state index contributed by atoms with van der Waals surface area (Å²) in [5.74, 6) is 1.44. The van der Waals surface area contributed by atoms with E-state index >= 15 is 0 Å². The van der Waals surface area contributed by atoms with E-state index in [2.05, 4.69) is 24.5 Å². The summed E-state index contributed by atoms with van der Waals surface area (Å²) < 4.78 is 43.9. The zero-order valence-corrected chi connectivity index (χ0v) is 53.1. The molecule has 0 spiro atoms. The van der Waals surface area contributed by atoms with Crippen molar-refractivity contribution in [1.82, 2.24) is 10.6 Å². The van der Waals surface area contributed by atoms with Crippen molar-refractivity contribution in [2.45, 2.75) is 103 Å². The first kappa shape index (κ1) is 67.7. The minimum absolute atomic E-state index is 0.175. The molecule has 16 heteroatoms. The standard InChI is InChI=1S/C76H80N2O14/c1-53(79)89-67-37-25-61(26-38-67)75(3,63-29-41-69(42-30-63)91-71(81)59-21-13-55(14-22-59)51-57-17-33-65(85-5)34-18-57)45-11-49-87-73(83)77-47-9-7-8-10-48-78-74(84)88-50-12-46-76(4,62-27-39-68(40-28-62)90-54(2)80)64-31-43-70(44-32-64)92-72(82)60-23-15-56(16-24-60)52-58-19-35-66(86-6)36-20-58/h13-44H,7-12,45-52H2,1-6H3,(H,77,83)(H,78,84). The van der Waals surface area contributed by atoms with E-state index in [-0.39, 0.29) is 13.2 Å². The van der Waals surface area contributed by atoms with Crippen LogP contribution in [0.5, 0.6) is 34.5 Å². The van der Waals surface area contributed by atoms with Gasteiger partial charge in [-0.1, -0.05) is 124 Å². The third-order valence-electron chi connectivity index (χ3n) is 16.2. The Morgan fingerprint density at radius 2 is 0.609 bits per heavy atom. The summed E-state index contributed by atoms with van der Waals surface area (Å²) in [7, 11) is 3.27. The lowest BCUT2D eigenvalue weighted by Crippen LogP contribution is -2.28. The predicted molar refractivity (Wildman–Crippen MR) is 351 cm³/mol. The van der Waals surface area contributed by atoms with Gasteiger partial charge in [0, 0.05) is 37.8 Å². The van der Waals surface area contributed by atoms with Gasteiger partial charge in [0.2, 0.25) is 0 Å². The Labute approximate surface area is 538 Å². The average Bonchev–Trinajstić information content (AvgIpc) is 1.03. The minimum atomic E-state index is -0.567. The quantitative estimate of drug-likeness (QED) is 0.0236. The Morgan fingerprint density at radius 3 is 0.891 bits per heavy atom. The van der Waals surface area contributed by atoms with E-state index in [4.69, 9.17) is 37.9 Å². The molecule has 0 heterocycles. The van der Waals surface area contributed by atoms with Gasteiger partial charge in [0.15, 0.2) is 0 Å². The van der Waals surface area contributed by atoms with Gasteiger partial charge in [0.05, 0.1) is 38.6 Å². The van der Waals surface area contributed by atoms with Gasteiger partial charge < -0.3 is 48.5 Å². The van der Waals surface area contributed by atoms with E-state index in [0.717, 1.165) is 81.7 Å². The number of esters is 4. The van der Waals surface area contributed by atoms with Crippen LogP contribution in [0, 0.1) is 0 Å². The second-order valence-electron chi connectivity index (χ2n) is 22.9. The van der Waals surface area contributed by atoms with Gasteiger partial charge in [-0.25, -0.2) is 19.2 Å². The minimum Gasteiger partial charge on any atom is -0.497 e. The number of hydrogen-bond acceptors (Lipinski definition) is 14. The molecule has 0 radical (unpaired) electrons. The molecule has 2 amide bonds. The first-order valence-electron chi connectivity index (χ1n) is 31.0. The van der Waals surface area contributed by atoms with Crippen molar-refractivity contribution < 1.29 is 66.7 Å². The smallest absolute Gasteiger partial charge is 0.407 e. The lowest BCUT2D eigenvalue weighted by Gasteiger charge is -2.31. The molecule has 8 aromatic rings. The predicted octanol–water partition coefficient (Wildman–Crippen LogP) is 15.1. The molecule has 2 N–H and O–H groups in total. The van der Waals surface area contributed by atoms with E-state index in [9.17, 15) is 28.8 Å². The van der Waals surface area contributed by atoms with Crippen molar-refractivity contribution >= 4 is 36.1 Å². The lowest BCUT2D eigenvalue weighted by molar-refractivity contribution is -0.132. The van der Waals surface area contributed by atoms with Gasteiger partial charge in [0.25, 0.3) is 0 Å². The molecule has 0 fully saturated rings. The maximum absolute atomic E-state index is 13.2. The molecule has 0 aliphatic rings. The van der Waals surface area contributed by atoms with Crippen LogP contribution in [-0.2, 0) is 42.7 Å². The van der Waals surface area contributed by atoms with Crippen LogP contribution in [0.15, 0.2) is 194 Å². The highest BCUT2D eigenvalue weighted by Gasteiger charge is 2.31. The maximum Gasteiger partial charge on any atom is 0.407 e. The monoisotopic (exact) mass is 1240 g/mol. The molecule has 2 atom stereocenters. The summed E-state index contributed by atoms with van der Waals surface area (Å²) in [6.07, 6.45) is 5.77. The summed E-state index contributed by atoms with van der Waals surface area (Å²) >= 11 is 0. The van der Waals surface area contributed by atoms with Crippen LogP contribution < -0.4 is 39.1 Å². The van der Waals surface area contributed by atoms with Crippen molar-refractivity contribution in [1.29, 1.82) is 0 Å². The Hall–Kier alpha value is -10.2. The summed E-state index contributed by atoms with van der Waals surface area (Å²) in [6, 6.07) is 59.9. The Morgan fingerprint density at radius 1 is 0.337 bits per heavy atom. The molecule has 0 bridgehead atoms. The molecule has 0 saturated carbocycles. The van der Waals surface area contributed by atoms with Gasteiger partial charge in [-0.05, 0) is 193 Å². The molecule has 0 saturated heterocycles. The van der Waals surface area contributed by atoms with Crippen LogP contribution in [0.4, 0.5) is 9.59 Å². The number of rotatable bonds is 31. The number of carbonyl (C=O) groups is 6. The Kier molecular flexibility index (Phi) is 24.7. The van der Waals surface area contributed by atoms with Crippen molar-refractivity contribution in [3.8, 4) is 34.5 Å². The number of hydrogen-bond donors (Lipinski definition) is 2. The van der Waals surface area contributed by atoms with E-state index in [1.54, 1.807) is 87.0 Å². The fraction of sp³-hybridized carbons (Fsp3) is 0.289. The number of unbranched alkanes of at least 4 members (excludes halogenated alkanes) is 3. The number of amides is 2. The summed E-state index contributed by atoms with van der Waals surface area (Å²) in [5, 5.41) is 5.68. The molecule has 16 nitrogen and oxygen atoms in total. The first-order valence-corrected chi connectivity index (χ1v) is 31.0. The number of methoxy groups -OCH3 is 2. The molecule has 8 rings (SSSR count). The van der Waals surface area contributed by atoms with Crippen molar-refractivity contribution in [3.05, 3.63) is 250 Å². The van der Waals surface area contributed by atoms with Gasteiger partial charge in [-0.3, -0.25) is 9.59 Å².